The van der Waals surface area contributed by atoms with Gasteiger partial charge in [0.1, 0.15) is 17.7 Å². The number of ether oxygens (including phenoxy) is 1. The van der Waals surface area contributed by atoms with Gasteiger partial charge in [0, 0.05) is 30.5 Å². The third kappa shape index (κ3) is 3.28. The van der Waals surface area contributed by atoms with Gasteiger partial charge in [0.2, 0.25) is 0 Å². The molecule has 3 rings (SSSR count). The molecule has 120 valence electrons. The minimum Gasteiger partial charge on any atom is -0.489 e. The fourth-order valence-corrected chi connectivity index (χ4v) is 2.97. The van der Waals surface area contributed by atoms with Gasteiger partial charge in [0.15, 0.2) is 0 Å². The van der Waals surface area contributed by atoms with Crippen molar-refractivity contribution < 1.29 is 19.0 Å². The molecule has 1 unspecified atom stereocenters. The van der Waals surface area contributed by atoms with Crippen molar-refractivity contribution in [3.63, 3.8) is 0 Å². The molecule has 0 spiro atoms. The predicted octanol–water partition coefficient (Wildman–Crippen LogP) is 3.76. The SMILES string of the molecule is Cc1ccccc1-c1cc(F)cc2c1OC(CCNC(=O)O)C2. The van der Waals surface area contributed by atoms with Gasteiger partial charge in [-0.3, -0.25) is 0 Å². The third-order valence-electron chi connectivity index (χ3n) is 4.04. The lowest BCUT2D eigenvalue weighted by Crippen LogP contribution is -2.26. The maximum atomic E-state index is 14.0. The molecule has 1 aliphatic heterocycles. The van der Waals surface area contributed by atoms with Crippen molar-refractivity contribution in [2.45, 2.75) is 25.9 Å². The number of nitrogens with one attached hydrogen (secondary N) is 1. The van der Waals surface area contributed by atoms with E-state index in [1.165, 1.54) is 12.1 Å². The van der Waals surface area contributed by atoms with Crippen LogP contribution >= 0.6 is 0 Å². The number of amides is 1. The summed E-state index contributed by atoms with van der Waals surface area (Å²) < 4.78 is 20.0. The predicted molar refractivity (Wildman–Crippen MR) is 85.3 cm³/mol. The molecule has 0 saturated carbocycles. The summed E-state index contributed by atoms with van der Waals surface area (Å²) in [7, 11) is 0. The summed E-state index contributed by atoms with van der Waals surface area (Å²) in [5, 5.41) is 10.9. The first-order valence-electron chi connectivity index (χ1n) is 7.56. The molecular formula is C18H18FNO3. The lowest BCUT2D eigenvalue weighted by Gasteiger charge is -2.14. The standard InChI is InChI=1S/C18H18FNO3/c1-11-4-2-3-5-15(11)16-10-13(19)8-12-9-14(23-17(12)16)6-7-20-18(21)22/h2-5,8,10,14,20H,6-7,9H2,1H3,(H,21,22). The Morgan fingerprint density at radius 1 is 1.35 bits per heavy atom. The number of carbonyl (C=O) groups is 1. The lowest BCUT2D eigenvalue weighted by molar-refractivity contribution is 0.188. The van der Waals surface area contributed by atoms with Crippen molar-refractivity contribution in [2.24, 2.45) is 0 Å². The summed E-state index contributed by atoms with van der Waals surface area (Å²) in [4.78, 5) is 10.5. The monoisotopic (exact) mass is 315 g/mol. The minimum atomic E-state index is -1.05. The first-order chi connectivity index (χ1) is 11.0. The number of hydrogen-bond donors (Lipinski definition) is 2. The molecule has 0 bridgehead atoms. The quantitative estimate of drug-likeness (QED) is 0.903. The summed E-state index contributed by atoms with van der Waals surface area (Å²) in [6, 6.07) is 10.8. The molecule has 1 aliphatic rings. The van der Waals surface area contributed by atoms with Crippen LogP contribution in [0.15, 0.2) is 36.4 Å². The first kappa shape index (κ1) is 15.3. The third-order valence-corrected chi connectivity index (χ3v) is 4.04. The second-order valence-electron chi connectivity index (χ2n) is 5.72. The smallest absolute Gasteiger partial charge is 0.404 e. The molecule has 5 heteroatoms. The fourth-order valence-electron chi connectivity index (χ4n) is 2.97. The van der Waals surface area contributed by atoms with Gasteiger partial charge < -0.3 is 15.2 Å². The molecule has 2 aromatic carbocycles. The Bertz CT molecular complexity index is 745. The minimum absolute atomic E-state index is 0.138. The van der Waals surface area contributed by atoms with E-state index >= 15 is 0 Å². The highest BCUT2D eigenvalue weighted by atomic mass is 19.1. The summed E-state index contributed by atoms with van der Waals surface area (Å²) in [6.07, 6.45) is -0.0446. The number of benzene rings is 2. The van der Waals surface area contributed by atoms with Gasteiger partial charge in [0.05, 0.1) is 0 Å². The van der Waals surface area contributed by atoms with Crippen molar-refractivity contribution in [1.29, 1.82) is 0 Å². The van der Waals surface area contributed by atoms with E-state index in [2.05, 4.69) is 5.32 Å². The Balaban J connectivity index is 1.87. The molecule has 2 N–H and O–H groups in total. The van der Waals surface area contributed by atoms with Crippen LogP contribution in [0.3, 0.4) is 0 Å². The Hall–Kier alpha value is -2.56. The van der Waals surface area contributed by atoms with Gasteiger partial charge in [-0.1, -0.05) is 24.3 Å². The average Bonchev–Trinajstić information content (AvgIpc) is 2.89. The van der Waals surface area contributed by atoms with Crippen LogP contribution in [-0.2, 0) is 6.42 Å². The summed E-state index contributed by atoms with van der Waals surface area (Å²) in [6.45, 7) is 2.30. The molecule has 0 fully saturated rings. The van der Waals surface area contributed by atoms with Crippen molar-refractivity contribution >= 4 is 6.09 Å². The van der Waals surface area contributed by atoms with E-state index < -0.39 is 6.09 Å². The second-order valence-corrected chi connectivity index (χ2v) is 5.72. The normalized spacial score (nSPS) is 15.8. The average molecular weight is 315 g/mol. The van der Waals surface area contributed by atoms with E-state index in [-0.39, 0.29) is 11.9 Å². The number of fused-ring (bicyclic) bond motifs is 1. The zero-order valence-corrected chi connectivity index (χ0v) is 12.8. The Morgan fingerprint density at radius 3 is 2.87 bits per heavy atom. The number of halogens is 1. The zero-order valence-electron chi connectivity index (χ0n) is 12.8. The molecule has 0 radical (unpaired) electrons. The van der Waals surface area contributed by atoms with Crippen molar-refractivity contribution in [3.8, 4) is 16.9 Å². The molecule has 0 aliphatic carbocycles. The topological polar surface area (TPSA) is 58.6 Å². The fraction of sp³-hybridized carbons (Fsp3) is 0.278. The maximum Gasteiger partial charge on any atom is 0.404 e. The molecule has 1 atom stereocenters. The maximum absolute atomic E-state index is 14.0. The molecule has 1 heterocycles. The number of rotatable bonds is 4. The van der Waals surface area contributed by atoms with Crippen LogP contribution in [0.4, 0.5) is 9.18 Å². The molecule has 23 heavy (non-hydrogen) atoms. The van der Waals surface area contributed by atoms with Gasteiger partial charge in [-0.15, -0.1) is 0 Å². The molecule has 0 aromatic heterocycles. The second kappa shape index (κ2) is 6.28. The van der Waals surface area contributed by atoms with Gasteiger partial charge in [-0.25, -0.2) is 9.18 Å². The van der Waals surface area contributed by atoms with E-state index in [1.54, 1.807) is 0 Å². The summed E-state index contributed by atoms with van der Waals surface area (Å²) in [5.41, 5.74) is 3.60. The van der Waals surface area contributed by atoms with Crippen LogP contribution in [0.25, 0.3) is 11.1 Å². The number of hydrogen-bond acceptors (Lipinski definition) is 2. The molecule has 4 nitrogen and oxygen atoms in total. The van der Waals surface area contributed by atoms with Crippen LogP contribution in [0.1, 0.15) is 17.5 Å². The van der Waals surface area contributed by atoms with E-state index in [1.807, 2.05) is 31.2 Å². The Morgan fingerprint density at radius 2 is 2.13 bits per heavy atom. The van der Waals surface area contributed by atoms with E-state index in [4.69, 9.17) is 9.84 Å². The van der Waals surface area contributed by atoms with E-state index in [0.29, 0.717) is 25.1 Å². The van der Waals surface area contributed by atoms with E-state index in [0.717, 1.165) is 22.3 Å². The number of aryl methyl sites for hydroxylation is 1. The summed E-state index contributed by atoms with van der Waals surface area (Å²) in [5.74, 6) is 0.427. The lowest BCUT2D eigenvalue weighted by atomic mass is 9.97. The van der Waals surface area contributed by atoms with Crippen LogP contribution in [0.5, 0.6) is 5.75 Å². The van der Waals surface area contributed by atoms with Crippen LogP contribution in [0.2, 0.25) is 0 Å². The van der Waals surface area contributed by atoms with Gasteiger partial charge >= 0.3 is 6.09 Å². The highest BCUT2D eigenvalue weighted by Gasteiger charge is 2.27. The number of carboxylic acid groups (broad SMARTS) is 1. The molecular weight excluding hydrogens is 297 g/mol. The van der Waals surface area contributed by atoms with Crippen LogP contribution in [-0.4, -0.2) is 23.8 Å². The largest absolute Gasteiger partial charge is 0.489 e. The molecule has 0 saturated heterocycles. The van der Waals surface area contributed by atoms with Gasteiger partial charge in [-0.05, 0) is 30.2 Å². The van der Waals surface area contributed by atoms with E-state index in [9.17, 15) is 9.18 Å². The summed E-state index contributed by atoms with van der Waals surface area (Å²) >= 11 is 0. The highest BCUT2D eigenvalue weighted by molar-refractivity contribution is 5.75. The van der Waals surface area contributed by atoms with Crippen LogP contribution < -0.4 is 10.1 Å². The Labute approximate surface area is 133 Å². The molecule has 2 aromatic rings. The van der Waals surface area contributed by atoms with Crippen molar-refractivity contribution in [1.82, 2.24) is 5.32 Å². The highest BCUT2D eigenvalue weighted by Crippen LogP contribution is 2.41. The van der Waals surface area contributed by atoms with Gasteiger partial charge in [-0.2, -0.15) is 0 Å². The zero-order chi connectivity index (χ0) is 16.4. The van der Waals surface area contributed by atoms with Crippen LogP contribution in [0, 0.1) is 12.7 Å². The molecule has 1 amide bonds. The van der Waals surface area contributed by atoms with Gasteiger partial charge in [0.25, 0.3) is 0 Å². The van der Waals surface area contributed by atoms with Crippen molar-refractivity contribution in [3.05, 3.63) is 53.3 Å². The Kier molecular flexibility index (Phi) is 4.19. The first-order valence-corrected chi connectivity index (χ1v) is 7.56. The van der Waals surface area contributed by atoms with Crippen molar-refractivity contribution in [2.75, 3.05) is 6.54 Å².